The highest BCUT2D eigenvalue weighted by atomic mass is 16.5. The van der Waals surface area contributed by atoms with Crippen LogP contribution in [-0.4, -0.2) is 15.2 Å². The molecule has 0 radical (unpaired) electrons. The third-order valence-electron chi connectivity index (χ3n) is 2.78. The maximum atomic E-state index is 11.4. The van der Waals surface area contributed by atoms with Crippen LogP contribution in [0.3, 0.4) is 0 Å². The van der Waals surface area contributed by atoms with Crippen LogP contribution >= 0.6 is 0 Å². The average molecular weight is 260 g/mol. The number of ether oxygens (including phenoxy) is 1. The quantitative estimate of drug-likeness (QED) is 0.618. The topological polar surface area (TPSA) is 74.8 Å². The van der Waals surface area contributed by atoms with Gasteiger partial charge in [-0.2, -0.15) is 9.71 Å². The lowest BCUT2D eigenvalue weighted by Gasteiger charge is -2.07. The second-order valence-electron chi connectivity index (χ2n) is 4.13. The van der Waals surface area contributed by atoms with E-state index in [-0.39, 0.29) is 6.01 Å². The van der Waals surface area contributed by atoms with Gasteiger partial charge >= 0.3 is 6.01 Å². The first-order valence-electron chi connectivity index (χ1n) is 6.24. The predicted molar refractivity (Wildman–Crippen MR) is 68.8 cm³/mol. The number of hydrogen-bond acceptors (Lipinski definition) is 5. The summed E-state index contributed by atoms with van der Waals surface area (Å²) in [5.74, 6) is 0.397. The van der Waals surface area contributed by atoms with Crippen LogP contribution in [0.4, 0.5) is 0 Å². The van der Waals surface area contributed by atoms with Crippen molar-refractivity contribution in [3.05, 3.63) is 40.6 Å². The van der Waals surface area contributed by atoms with Crippen LogP contribution in [0.1, 0.15) is 30.9 Å². The molecule has 2 aromatic rings. The molecule has 0 saturated carbocycles. The standard InChI is InChI=1S/C13H16N4O2/c1-4-11-12(5-2)15-16-13(14-11)19-10-7-6-9(3)17(18)8-10/h6-8H,4-5H2,1-3H3. The summed E-state index contributed by atoms with van der Waals surface area (Å²) in [7, 11) is 0. The van der Waals surface area contributed by atoms with E-state index in [9.17, 15) is 5.21 Å². The zero-order valence-corrected chi connectivity index (χ0v) is 11.3. The Morgan fingerprint density at radius 1 is 1.16 bits per heavy atom. The summed E-state index contributed by atoms with van der Waals surface area (Å²) in [5.41, 5.74) is 2.34. The Morgan fingerprint density at radius 3 is 2.53 bits per heavy atom. The molecule has 6 nitrogen and oxygen atoms in total. The van der Waals surface area contributed by atoms with Crippen LogP contribution in [0.5, 0.6) is 11.8 Å². The largest absolute Gasteiger partial charge is 0.618 e. The first kappa shape index (κ1) is 13.2. The molecule has 0 spiro atoms. The molecule has 0 aliphatic heterocycles. The minimum atomic E-state index is 0.165. The number of pyridine rings is 1. The smallest absolute Gasteiger partial charge is 0.341 e. The van der Waals surface area contributed by atoms with Gasteiger partial charge < -0.3 is 9.94 Å². The maximum absolute atomic E-state index is 11.4. The highest BCUT2D eigenvalue weighted by molar-refractivity contribution is 5.20. The van der Waals surface area contributed by atoms with Crippen LogP contribution in [0, 0.1) is 12.1 Å². The summed E-state index contributed by atoms with van der Waals surface area (Å²) in [6, 6.07) is 3.54. The number of nitrogens with zero attached hydrogens (tertiary/aromatic N) is 4. The van der Waals surface area contributed by atoms with Crippen molar-refractivity contribution < 1.29 is 9.47 Å². The monoisotopic (exact) mass is 260 g/mol. The predicted octanol–water partition coefficient (Wildman–Crippen LogP) is 1.73. The second kappa shape index (κ2) is 5.60. The highest BCUT2D eigenvalue weighted by Crippen LogP contribution is 2.16. The van der Waals surface area contributed by atoms with Gasteiger partial charge in [0.25, 0.3) is 0 Å². The Hall–Kier alpha value is -2.24. The molecule has 19 heavy (non-hydrogen) atoms. The fourth-order valence-electron chi connectivity index (χ4n) is 1.67. The SMILES string of the molecule is CCc1nnc(Oc2ccc(C)[n+]([O-])c2)nc1CC. The van der Waals surface area contributed by atoms with Gasteiger partial charge in [0, 0.05) is 13.0 Å². The van der Waals surface area contributed by atoms with E-state index in [1.165, 1.54) is 6.20 Å². The van der Waals surface area contributed by atoms with Crippen molar-refractivity contribution in [3.8, 4) is 11.8 Å². The van der Waals surface area contributed by atoms with Crippen molar-refractivity contribution in [2.45, 2.75) is 33.6 Å². The van der Waals surface area contributed by atoms with Gasteiger partial charge in [-0.1, -0.05) is 18.9 Å². The molecule has 0 saturated heterocycles. The van der Waals surface area contributed by atoms with Crippen molar-refractivity contribution in [2.75, 3.05) is 0 Å². The van der Waals surface area contributed by atoms with Crippen LogP contribution in [0.2, 0.25) is 0 Å². The molecule has 2 rings (SSSR count). The molecular weight excluding hydrogens is 244 g/mol. The van der Waals surface area contributed by atoms with Crippen LogP contribution in [0.25, 0.3) is 0 Å². The van der Waals surface area contributed by atoms with Crippen LogP contribution in [-0.2, 0) is 12.8 Å². The lowest BCUT2D eigenvalue weighted by Crippen LogP contribution is -2.29. The molecular formula is C13H16N4O2. The molecule has 0 fully saturated rings. The molecule has 0 aliphatic rings. The number of hydrogen-bond donors (Lipinski definition) is 0. The normalized spacial score (nSPS) is 10.5. The summed E-state index contributed by atoms with van der Waals surface area (Å²) in [4.78, 5) is 4.30. The van der Waals surface area contributed by atoms with Gasteiger partial charge in [-0.05, 0) is 18.9 Å². The van der Waals surface area contributed by atoms with Crippen LogP contribution < -0.4 is 9.47 Å². The van der Waals surface area contributed by atoms with Gasteiger partial charge in [-0.3, -0.25) is 0 Å². The zero-order valence-electron chi connectivity index (χ0n) is 11.3. The van der Waals surface area contributed by atoms with Gasteiger partial charge in [0.2, 0.25) is 6.20 Å². The molecule has 0 bridgehead atoms. The molecule has 2 aromatic heterocycles. The Labute approximate surface area is 111 Å². The molecule has 0 unspecified atom stereocenters. The van der Waals surface area contributed by atoms with Gasteiger partial charge in [0.05, 0.1) is 11.4 Å². The van der Waals surface area contributed by atoms with E-state index < -0.39 is 0 Å². The first-order valence-corrected chi connectivity index (χ1v) is 6.24. The lowest BCUT2D eigenvalue weighted by molar-refractivity contribution is -0.612. The lowest BCUT2D eigenvalue weighted by atomic mass is 10.2. The van der Waals surface area contributed by atoms with E-state index in [1.807, 2.05) is 13.8 Å². The fraction of sp³-hybridized carbons (Fsp3) is 0.385. The van der Waals surface area contributed by atoms with Crippen LogP contribution in [0.15, 0.2) is 18.3 Å². The van der Waals surface area contributed by atoms with Crippen molar-refractivity contribution in [1.29, 1.82) is 0 Å². The summed E-state index contributed by atoms with van der Waals surface area (Å²) >= 11 is 0. The van der Waals surface area contributed by atoms with Gasteiger partial charge in [-0.25, -0.2) is 0 Å². The molecule has 0 atom stereocenters. The molecule has 0 aliphatic carbocycles. The van der Waals surface area contributed by atoms with E-state index >= 15 is 0 Å². The number of rotatable bonds is 4. The van der Waals surface area contributed by atoms with Crippen molar-refractivity contribution in [1.82, 2.24) is 15.2 Å². The van der Waals surface area contributed by atoms with E-state index in [0.717, 1.165) is 29.0 Å². The number of aryl methyl sites for hydroxylation is 3. The zero-order chi connectivity index (χ0) is 13.8. The third-order valence-corrected chi connectivity index (χ3v) is 2.78. The second-order valence-corrected chi connectivity index (χ2v) is 4.13. The Kier molecular flexibility index (Phi) is 3.89. The summed E-state index contributed by atoms with van der Waals surface area (Å²) in [6.45, 7) is 5.73. The Bertz CT molecular complexity index is 587. The van der Waals surface area contributed by atoms with E-state index in [2.05, 4.69) is 15.2 Å². The average Bonchev–Trinajstić information content (AvgIpc) is 2.43. The fourth-order valence-corrected chi connectivity index (χ4v) is 1.67. The van der Waals surface area contributed by atoms with E-state index in [1.54, 1.807) is 19.1 Å². The molecule has 2 heterocycles. The van der Waals surface area contributed by atoms with E-state index in [0.29, 0.717) is 11.4 Å². The maximum Gasteiger partial charge on any atom is 0.341 e. The van der Waals surface area contributed by atoms with Crippen molar-refractivity contribution in [3.63, 3.8) is 0 Å². The summed E-state index contributed by atoms with van der Waals surface area (Å²) in [6.07, 6.45) is 2.90. The molecule has 6 heteroatoms. The number of aromatic nitrogens is 4. The third kappa shape index (κ3) is 2.96. The molecule has 0 amide bonds. The minimum absolute atomic E-state index is 0.165. The van der Waals surface area contributed by atoms with E-state index in [4.69, 9.17) is 4.74 Å². The highest BCUT2D eigenvalue weighted by Gasteiger charge is 2.10. The van der Waals surface area contributed by atoms with Gasteiger partial charge in [0.15, 0.2) is 11.4 Å². The summed E-state index contributed by atoms with van der Waals surface area (Å²) < 4.78 is 6.19. The molecule has 0 N–H and O–H groups in total. The Balaban J connectivity index is 2.25. The van der Waals surface area contributed by atoms with Gasteiger partial charge in [0.1, 0.15) is 0 Å². The summed E-state index contributed by atoms with van der Waals surface area (Å²) in [5, 5.41) is 19.4. The first-order chi connectivity index (χ1) is 9.13. The minimum Gasteiger partial charge on any atom is -0.618 e. The van der Waals surface area contributed by atoms with Gasteiger partial charge in [-0.15, -0.1) is 5.10 Å². The molecule has 0 aromatic carbocycles. The van der Waals surface area contributed by atoms with Crippen molar-refractivity contribution in [2.24, 2.45) is 0 Å². The molecule has 100 valence electrons. The van der Waals surface area contributed by atoms with Crippen molar-refractivity contribution >= 4 is 0 Å². The Morgan fingerprint density at radius 2 is 1.89 bits per heavy atom.